The molecule has 1 saturated carbocycles. The Hall–Kier alpha value is -2.89. The number of carbonyl (C=O) groups is 1. The molecule has 32 heavy (non-hydrogen) atoms. The summed E-state index contributed by atoms with van der Waals surface area (Å²) in [4.78, 5) is 18.9. The minimum absolute atomic E-state index is 0.00359. The monoisotopic (exact) mass is 457 g/mol. The number of rotatable bonds is 5. The van der Waals surface area contributed by atoms with Gasteiger partial charge < -0.3 is 20.3 Å². The summed E-state index contributed by atoms with van der Waals surface area (Å²) >= 11 is 6.06. The molecule has 2 aromatic rings. The lowest BCUT2D eigenvalue weighted by Gasteiger charge is -2.30. The van der Waals surface area contributed by atoms with Gasteiger partial charge in [-0.05, 0) is 37.8 Å². The minimum Gasteiger partial charge on any atom is -0.490 e. The third kappa shape index (κ3) is 5.29. The summed E-state index contributed by atoms with van der Waals surface area (Å²) < 4.78 is 20.6. The zero-order chi connectivity index (χ0) is 22.5. The van der Waals surface area contributed by atoms with Gasteiger partial charge in [-0.25, -0.2) is 9.37 Å². The molecule has 2 heterocycles. The molecule has 2 fully saturated rings. The van der Waals surface area contributed by atoms with Gasteiger partial charge in [0.2, 0.25) is 0 Å². The van der Waals surface area contributed by atoms with E-state index in [0.29, 0.717) is 22.2 Å². The third-order valence-electron chi connectivity index (χ3n) is 5.90. The van der Waals surface area contributed by atoms with E-state index in [-0.39, 0.29) is 17.7 Å². The molecular weight excluding hydrogens is 433 g/mol. The normalized spacial score (nSPS) is 21.0. The molecular formula is C23H25ClFN5O2. The summed E-state index contributed by atoms with van der Waals surface area (Å²) in [5.41, 5.74) is 0.377. The highest BCUT2D eigenvalue weighted by atomic mass is 35.5. The molecule has 168 valence electrons. The number of piperazine rings is 1. The van der Waals surface area contributed by atoms with Crippen molar-refractivity contribution in [2.75, 3.05) is 31.1 Å². The molecule has 0 bridgehead atoms. The van der Waals surface area contributed by atoms with Crippen molar-refractivity contribution in [1.82, 2.24) is 15.6 Å². The molecule has 0 atom stereocenters. The van der Waals surface area contributed by atoms with Crippen molar-refractivity contribution >= 4 is 23.3 Å². The Morgan fingerprint density at radius 3 is 2.66 bits per heavy atom. The van der Waals surface area contributed by atoms with Gasteiger partial charge in [-0.1, -0.05) is 11.6 Å². The van der Waals surface area contributed by atoms with E-state index in [2.05, 4.69) is 15.6 Å². The van der Waals surface area contributed by atoms with Crippen LogP contribution in [0.5, 0.6) is 5.75 Å². The van der Waals surface area contributed by atoms with E-state index in [4.69, 9.17) is 21.6 Å². The van der Waals surface area contributed by atoms with Crippen molar-refractivity contribution in [3.8, 4) is 11.8 Å². The van der Waals surface area contributed by atoms with Crippen LogP contribution < -0.4 is 20.3 Å². The highest BCUT2D eigenvalue weighted by molar-refractivity contribution is 6.31. The quantitative estimate of drug-likeness (QED) is 0.716. The number of ether oxygens (including phenoxy) is 1. The number of benzene rings is 1. The largest absolute Gasteiger partial charge is 0.490 e. The number of hydrogen-bond acceptors (Lipinski definition) is 6. The Morgan fingerprint density at radius 1 is 1.25 bits per heavy atom. The second-order valence-electron chi connectivity index (χ2n) is 8.08. The number of pyridine rings is 1. The molecule has 0 unspecified atom stereocenters. The summed E-state index contributed by atoms with van der Waals surface area (Å²) in [5.74, 6) is 0.186. The van der Waals surface area contributed by atoms with Gasteiger partial charge in [0.1, 0.15) is 23.5 Å². The number of anilines is 1. The van der Waals surface area contributed by atoms with Crippen LogP contribution in [0.2, 0.25) is 5.02 Å². The van der Waals surface area contributed by atoms with Crippen molar-refractivity contribution in [1.29, 1.82) is 5.26 Å². The fourth-order valence-electron chi connectivity index (χ4n) is 4.10. The molecule has 0 radical (unpaired) electrons. The summed E-state index contributed by atoms with van der Waals surface area (Å²) in [7, 11) is 0. The number of aromatic nitrogens is 1. The fraction of sp³-hybridized carbons (Fsp3) is 0.435. The van der Waals surface area contributed by atoms with E-state index < -0.39 is 11.7 Å². The first kappa shape index (κ1) is 22.3. The second kappa shape index (κ2) is 10.2. The van der Waals surface area contributed by atoms with Crippen LogP contribution in [0.3, 0.4) is 0 Å². The lowest BCUT2D eigenvalue weighted by Crippen LogP contribution is -2.44. The summed E-state index contributed by atoms with van der Waals surface area (Å²) in [6, 6.07) is 8.34. The predicted molar refractivity (Wildman–Crippen MR) is 120 cm³/mol. The third-order valence-corrected chi connectivity index (χ3v) is 6.21. The van der Waals surface area contributed by atoms with Crippen molar-refractivity contribution in [3.05, 3.63) is 52.4 Å². The molecule has 1 aliphatic heterocycles. The zero-order valence-electron chi connectivity index (χ0n) is 17.6. The highest BCUT2D eigenvalue weighted by Crippen LogP contribution is 2.27. The molecule has 2 aliphatic rings. The molecule has 1 amide bonds. The van der Waals surface area contributed by atoms with Crippen molar-refractivity contribution in [3.63, 3.8) is 0 Å². The predicted octanol–water partition coefficient (Wildman–Crippen LogP) is 3.28. The van der Waals surface area contributed by atoms with Crippen LogP contribution in [0, 0.1) is 17.1 Å². The van der Waals surface area contributed by atoms with E-state index in [1.54, 1.807) is 18.2 Å². The van der Waals surface area contributed by atoms with Gasteiger partial charge in [0.25, 0.3) is 5.91 Å². The van der Waals surface area contributed by atoms with E-state index in [1.165, 1.54) is 12.3 Å². The average molecular weight is 458 g/mol. The molecule has 1 aromatic carbocycles. The first-order valence-electron chi connectivity index (χ1n) is 10.8. The molecule has 7 nitrogen and oxygen atoms in total. The Bertz CT molecular complexity index is 1010. The van der Waals surface area contributed by atoms with Crippen molar-refractivity contribution in [2.24, 2.45) is 0 Å². The topological polar surface area (TPSA) is 90.3 Å². The lowest BCUT2D eigenvalue weighted by atomic mass is 9.92. The van der Waals surface area contributed by atoms with Crippen LogP contribution in [-0.2, 0) is 0 Å². The first-order valence-corrected chi connectivity index (χ1v) is 11.2. The van der Waals surface area contributed by atoms with Gasteiger partial charge in [0, 0.05) is 50.6 Å². The van der Waals surface area contributed by atoms with Gasteiger partial charge in [-0.2, -0.15) is 5.26 Å². The van der Waals surface area contributed by atoms with Gasteiger partial charge in [-0.3, -0.25) is 4.79 Å². The van der Waals surface area contributed by atoms with E-state index in [1.807, 2.05) is 11.0 Å². The molecule has 9 heteroatoms. The number of nitriles is 1. The maximum atomic E-state index is 14.6. The average Bonchev–Trinajstić information content (AvgIpc) is 2.81. The Morgan fingerprint density at radius 2 is 2.00 bits per heavy atom. The van der Waals surface area contributed by atoms with Crippen molar-refractivity contribution in [2.45, 2.75) is 37.8 Å². The van der Waals surface area contributed by atoms with Gasteiger partial charge in [0.15, 0.2) is 0 Å². The van der Waals surface area contributed by atoms with Crippen LogP contribution in [0.4, 0.5) is 10.2 Å². The van der Waals surface area contributed by atoms with Gasteiger partial charge in [0.05, 0.1) is 22.3 Å². The molecule has 4 rings (SSSR count). The van der Waals surface area contributed by atoms with Crippen LogP contribution in [0.25, 0.3) is 0 Å². The van der Waals surface area contributed by atoms with Crippen molar-refractivity contribution < 1.29 is 13.9 Å². The van der Waals surface area contributed by atoms with E-state index in [9.17, 15) is 9.18 Å². The molecule has 1 aliphatic carbocycles. The number of nitrogens with zero attached hydrogens (tertiary/aromatic N) is 3. The van der Waals surface area contributed by atoms with E-state index >= 15 is 0 Å². The first-order chi connectivity index (χ1) is 15.5. The van der Waals surface area contributed by atoms with Crippen LogP contribution in [0.1, 0.15) is 41.6 Å². The zero-order valence-corrected chi connectivity index (χ0v) is 18.4. The summed E-state index contributed by atoms with van der Waals surface area (Å²) in [6.45, 7) is 3.18. The van der Waals surface area contributed by atoms with Crippen LogP contribution in [0.15, 0.2) is 30.5 Å². The van der Waals surface area contributed by atoms with Crippen LogP contribution in [-0.4, -0.2) is 49.2 Å². The second-order valence-corrected chi connectivity index (χ2v) is 8.48. The number of carbonyl (C=O) groups excluding carboxylic acids is 1. The standard InChI is InChI=1S/C23H25ClFN5O2/c24-20-11-18(4-1-15(20)13-26)32-17-5-2-16(3-6-17)29-23(31)19-14-28-22(12-21(19)25)30-9-7-27-8-10-30/h1,4,11-12,14,16-17,27H,2-3,5-10H2,(H,29,31). The van der Waals surface area contributed by atoms with Gasteiger partial charge >= 0.3 is 0 Å². The molecule has 0 spiro atoms. The maximum Gasteiger partial charge on any atom is 0.256 e. The highest BCUT2D eigenvalue weighted by Gasteiger charge is 2.25. The van der Waals surface area contributed by atoms with Crippen LogP contribution >= 0.6 is 11.6 Å². The SMILES string of the molecule is N#Cc1ccc(OC2CCC(NC(=O)c3cnc(N4CCNCC4)cc3F)CC2)cc1Cl. The smallest absolute Gasteiger partial charge is 0.256 e. The maximum absolute atomic E-state index is 14.6. The number of amides is 1. The lowest BCUT2D eigenvalue weighted by molar-refractivity contribution is 0.0889. The molecule has 2 N–H and O–H groups in total. The summed E-state index contributed by atoms with van der Waals surface area (Å²) in [6.07, 6.45) is 4.30. The molecule has 1 aromatic heterocycles. The minimum atomic E-state index is -0.555. The number of halogens is 2. The summed E-state index contributed by atoms with van der Waals surface area (Å²) in [5, 5.41) is 15.5. The Labute approximate surface area is 191 Å². The molecule has 1 saturated heterocycles. The fourth-order valence-corrected chi connectivity index (χ4v) is 4.31. The Kier molecular flexibility index (Phi) is 7.08. The van der Waals surface area contributed by atoms with Gasteiger partial charge in [-0.15, -0.1) is 0 Å². The van der Waals surface area contributed by atoms with E-state index in [0.717, 1.165) is 51.9 Å². The number of nitrogens with one attached hydrogen (secondary N) is 2. The number of hydrogen-bond donors (Lipinski definition) is 2. The Balaban J connectivity index is 1.29.